The van der Waals surface area contributed by atoms with Gasteiger partial charge < -0.3 is 5.32 Å². The predicted molar refractivity (Wildman–Crippen MR) is 81.3 cm³/mol. The number of rotatable bonds is 2. The summed E-state index contributed by atoms with van der Waals surface area (Å²) in [6.45, 7) is 0. The van der Waals surface area contributed by atoms with Crippen LogP contribution in [0.4, 0.5) is 0 Å². The van der Waals surface area contributed by atoms with Crippen molar-refractivity contribution in [3.8, 4) is 0 Å². The van der Waals surface area contributed by atoms with Gasteiger partial charge in [0.25, 0.3) is 5.91 Å². The van der Waals surface area contributed by atoms with Gasteiger partial charge in [-0.25, -0.2) is 13.4 Å². The van der Waals surface area contributed by atoms with Crippen LogP contribution in [0.3, 0.4) is 0 Å². The summed E-state index contributed by atoms with van der Waals surface area (Å²) >= 11 is 6.02. The molecule has 2 aromatic rings. The monoisotopic (exact) mass is 324 g/mol. The lowest BCUT2D eigenvalue weighted by atomic mass is 10.1. The summed E-state index contributed by atoms with van der Waals surface area (Å²) in [6, 6.07) is 6.89. The number of fused-ring (bicyclic) bond motifs is 1. The van der Waals surface area contributed by atoms with Crippen molar-refractivity contribution in [3.05, 3.63) is 41.2 Å². The summed E-state index contributed by atoms with van der Waals surface area (Å²) in [6.07, 6.45) is 1.87. The van der Waals surface area contributed by atoms with Crippen LogP contribution in [0.5, 0.6) is 0 Å². The second-order valence-electron chi connectivity index (χ2n) is 5.08. The van der Waals surface area contributed by atoms with Crippen LogP contribution in [0.1, 0.15) is 16.8 Å². The van der Waals surface area contributed by atoms with Crippen molar-refractivity contribution in [2.45, 2.75) is 12.5 Å². The van der Waals surface area contributed by atoms with E-state index in [1.165, 1.54) is 6.20 Å². The van der Waals surface area contributed by atoms with Crippen LogP contribution in [-0.2, 0) is 9.84 Å². The van der Waals surface area contributed by atoms with Gasteiger partial charge in [0, 0.05) is 17.6 Å². The number of hydrogen-bond donors (Lipinski definition) is 1. The second-order valence-corrected chi connectivity index (χ2v) is 7.67. The fourth-order valence-corrected chi connectivity index (χ4v) is 4.40. The van der Waals surface area contributed by atoms with Crippen molar-refractivity contribution in [1.29, 1.82) is 0 Å². The van der Waals surface area contributed by atoms with Crippen LogP contribution < -0.4 is 5.32 Å². The summed E-state index contributed by atoms with van der Waals surface area (Å²) < 4.78 is 22.9. The Morgan fingerprint density at radius 3 is 2.67 bits per heavy atom. The first-order chi connectivity index (χ1) is 9.96. The number of sulfone groups is 1. The minimum absolute atomic E-state index is 0.00229. The number of nitrogens with one attached hydrogen (secondary N) is 1. The summed E-state index contributed by atoms with van der Waals surface area (Å²) in [5, 5.41) is 4.50. The quantitative estimate of drug-likeness (QED) is 0.855. The molecule has 0 bridgehead atoms. The van der Waals surface area contributed by atoms with Crippen molar-refractivity contribution < 1.29 is 13.2 Å². The minimum Gasteiger partial charge on any atom is -0.348 e. The van der Waals surface area contributed by atoms with E-state index in [0.717, 1.165) is 0 Å². The molecule has 5 nitrogen and oxygen atoms in total. The van der Waals surface area contributed by atoms with Crippen molar-refractivity contribution in [3.63, 3.8) is 0 Å². The number of nitrogens with zero attached hydrogens (tertiary/aromatic N) is 1. The Bertz CT molecular complexity index is 820. The first kappa shape index (κ1) is 14.3. The Morgan fingerprint density at radius 1 is 1.29 bits per heavy atom. The number of pyridine rings is 1. The number of carbonyl (C=O) groups excluding carboxylic acids is 1. The van der Waals surface area contributed by atoms with Crippen LogP contribution in [0.15, 0.2) is 30.5 Å². The summed E-state index contributed by atoms with van der Waals surface area (Å²) in [4.78, 5) is 16.4. The molecule has 1 unspecified atom stereocenters. The number of hydrogen-bond acceptors (Lipinski definition) is 4. The van der Waals surface area contributed by atoms with Gasteiger partial charge in [-0.2, -0.15) is 0 Å². The Kier molecular flexibility index (Phi) is 3.59. The Labute approximate surface area is 127 Å². The van der Waals surface area contributed by atoms with Crippen LogP contribution in [-0.4, -0.2) is 36.9 Å². The summed E-state index contributed by atoms with van der Waals surface area (Å²) in [5.41, 5.74) is 0.402. The number of benzene rings is 1. The van der Waals surface area contributed by atoms with Crippen LogP contribution >= 0.6 is 11.6 Å². The van der Waals surface area contributed by atoms with E-state index in [-0.39, 0.29) is 23.5 Å². The van der Waals surface area contributed by atoms with Crippen LogP contribution in [0, 0.1) is 0 Å². The van der Waals surface area contributed by atoms with Crippen LogP contribution in [0.2, 0.25) is 5.15 Å². The first-order valence-electron chi connectivity index (χ1n) is 6.51. The van der Waals surface area contributed by atoms with Crippen LogP contribution in [0.25, 0.3) is 10.8 Å². The average molecular weight is 325 g/mol. The van der Waals surface area contributed by atoms with Crippen molar-refractivity contribution in [2.75, 3.05) is 11.5 Å². The maximum Gasteiger partial charge on any atom is 0.253 e. The Morgan fingerprint density at radius 2 is 2.00 bits per heavy atom. The molecule has 0 saturated carbocycles. The normalized spacial score (nSPS) is 20.5. The zero-order valence-electron chi connectivity index (χ0n) is 11.0. The molecule has 1 aromatic heterocycles. The minimum atomic E-state index is -3.02. The molecule has 0 radical (unpaired) electrons. The van der Waals surface area contributed by atoms with E-state index in [0.29, 0.717) is 27.9 Å². The van der Waals surface area contributed by atoms with Gasteiger partial charge in [0.05, 0.1) is 17.1 Å². The Hall–Kier alpha value is -1.66. The molecule has 1 N–H and O–H groups in total. The molecule has 1 saturated heterocycles. The molecule has 1 amide bonds. The molecule has 3 rings (SSSR count). The fraction of sp³-hybridized carbons (Fsp3) is 0.286. The zero-order chi connectivity index (χ0) is 15.0. The molecule has 1 atom stereocenters. The molecule has 7 heteroatoms. The van der Waals surface area contributed by atoms with Crippen molar-refractivity contribution in [1.82, 2.24) is 10.3 Å². The number of halogens is 1. The number of aromatic nitrogens is 1. The molecule has 0 spiro atoms. The number of amides is 1. The highest BCUT2D eigenvalue weighted by atomic mass is 35.5. The van der Waals surface area contributed by atoms with Gasteiger partial charge in [-0.3, -0.25) is 4.79 Å². The molecule has 21 heavy (non-hydrogen) atoms. The van der Waals surface area contributed by atoms with Gasteiger partial charge in [-0.1, -0.05) is 35.9 Å². The van der Waals surface area contributed by atoms with Gasteiger partial charge in [0.1, 0.15) is 5.15 Å². The van der Waals surface area contributed by atoms with Crippen molar-refractivity contribution in [2.24, 2.45) is 0 Å². The van der Waals surface area contributed by atoms with E-state index in [2.05, 4.69) is 10.3 Å². The molecule has 2 heterocycles. The molecule has 1 aromatic carbocycles. The van der Waals surface area contributed by atoms with E-state index in [4.69, 9.17) is 11.6 Å². The fourth-order valence-electron chi connectivity index (χ4n) is 2.51. The van der Waals surface area contributed by atoms with E-state index in [1.54, 1.807) is 12.1 Å². The summed E-state index contributed by atoms with van der Waals surface area (Å²) in [5.74, 6) is -0.201. The molecule has 1 aliphatic heterocycles. The highest BCUT2D eigenvalue weighted by Gasteiger charge is 2.29. The van der Waals surface area contributed by atoms with Crippen molar-refractivity contribution >= 4 is 38.1 Å². The van der Waals surface area contributed by atoms with Gasteiger partial charge in [0.15, 0.2) is 9.84 Å². The van der Waals surface area contributed by atoms with E-state index < -0.39 is 9.84 Å². The standard InChI is InChI=1S/C14H13ClN2O3S/c15-13-11-4-2-1-3-10(11)12(7-16-13)14(18)17-9-5-6-21(19,20)8-9/h1-4,7,9H,5-6,8H2,(H,17,18). The van der Waals surface area contributed by atoms with Gasteiger partial charge >= 0.3 is 0 Å². The maximum absolute atomic E-state index is 12.3. The zero-order valence-corrected chi connectivity index (χ0v) is 12.6. The highest BCUT2D eigenvalue weighted by Crippen LogP contribution is 2.24. The molecule has 0 aliphatic carbocycles. The first-order valence-corrected chi connectivity index (χ1v) is 8.71. The lowest BCUT2D eigenvalue weighted by molar-refractivity contribution is 0.0942. The third-order valence-corrected chi connectivity index (χ3v) is 5.63. The molecule has 1 aliphatic rings. The molecular weight excluding hydrogens is 312 g/mol. The topological polar surface area (TPSA) is 76.1 Å². The average Bonchev–Trinajstić information content (AvgIpc) is 2.78. The van der Waals surface area contributed by atoms with Gasteiger partial charge in [-0.15, -0.1) is 0 Å². The number of carbonyl (C=O) groups is 1. The smallest absolute Gasteiger partial charge is 0.253 e. The van der Waals surface area contributed by atoms with Gasteiger partial charge in [0.2, 0.25) is 0 Å². The second kappa shape index (κ2) is 5.27. The Balaban J connectivity index is 1.91. The largest absolute Gasteiger partial charge is 0.348 e. The molecule has 110 valence electrons. The molecule has 1 fully saturated rings. The van der Waals surface area contributed by atoms with E-state index in [1.807, 2.05) is 12.1 Å². The summed E-state index contributed by atoms with van der Waals surface area (Å²) in [7, 11) is -3.02. The third kappa shape index (κ3) is 2.87. The van der Waals surface area contributed by atoms with E-state index >= 15 is 0 Å². The highest BCUT2D eigenvalue weighted by molar-refractivity contribution is 7.91. The molecular formula is C14H13ClN2O3S. The maximum atomic E-state index is 12.3. The predicted octanol–water partition coefficient (Wildman–Crippen LogP) is 1.81. The SMILES string of the molecule is O=C(NC1CCS(=O)(=O)C1)c1cnc(Cl)c2ccccc12. The lowest BCUT2D eigenvalue weighted by Crippen LogP contribution is -2.35. The van der Waals surface area contributed by atoms with Gasteiger partial charge in [-0.05, 0) is 11.8 Å². The lowest BCUT2D eigenvalue weighted by Gasteiger charge is -2.12. The van der Waals surface area contributed by atoms with E-state index in [9.17, 15) is 13.2 Å². The third-order valence-electron chi connectivity index (χ3n) is 3.56.